The molecule has 0 fully saturated rings. The number of hydrogen-bond acceptors (Lipinski definition) is 5. The lowest BCUT2D eigenvalue weighted by atomic mass is 10.1. The zero-order chi connectivity index (χ0) is 19.3. The maximum absolute atomic E-state index is 13.7. The fourth-order valence-corrected chi connectivity index (χ4v) is 2.52. The number of carbonyl (C=O) groups excluding carboxylic acids is 1. The Kier molecular flexibility index (Phi) is 6.47. The minimum absolute atomic E-state index is 0.0533. The van der Waals surface area contributed by atoms with Gasteiger partial charge in [-0.25, -0.2) is 9.37 Å². The van der Waals surface area contributed by atoms with Gasteiger partial charge in [0.05, 0.1) is 6.20 Å². The second kappa shape index (κ2) is 8.59. The summed E-state index contributed by atoms with van der Waals surface area (Å²) in [5, 5.41) is 10.7. The van der Waals surface area contributed by atoms with E-state index in [0.717, 1.165) is 0 Å². The van der Waals surface area contributed by atoms with E-state index in [0.29, 0.717) is 24.1 Å². The molecule has 136 valence electrons. The van der Waals surface area contributed by atoms with Gasteiger partial charge in [-0.15, -0.1) is 0 Å². The van der Waals surface area contributed by atoms with Crippen LogP contribution in [0.5, 0.6) is 0 Å². The van der Waals surface area contributed by atoms with Crippen LogP contribution in [0.4, 0.5) is 10.2 Å². The molecule has 2 aromatic rings. The minimum Gasteiger partial charge on any atom is -0.267 e. The van der Waals surface area contributed by atoms with E-state index in [-0.39, 0.29) is 28.4 Å². The molecule has 0 atom stereocenters. The van der Waals surface area contributed by atoms with Crippen molar-refractivity contribution in [2.45, 2.75) is 27.2 Å². The Bertz CT molecular complexity index is 850. The van der Waals surface area contributed by atoms with Crippen molar-refractivity contribution in [2.24, 2.45) is 5.92 Å². The maximum Gasteiger partial charge on any atom is 0.269 e. The van der Waals surface area contributed by atoms with Crippen LogP contribution in [0.1, 0.15) is 42.5 Å². The van der Waals surface area contributed by atoms with Crippen LogP contribution in [0.3, 0.4) is 0 Å². The molecule has 26 heavy (non-hydrogen) atoms. The smallest absolute Gasteiger partial charge is 0.267 e. The summed E-state index contributed by atoms with van der Waals surface area (Å²) < 4.78 is 13.7. The molecule has 1 aromatic carbocycles. The third-order valence-corrected chi connectivity index (χ3v) is 3.82. The molecule has 0 aliphatic rings. The molecule has 0 saturated carbocycles. The highest BCUT2D eigenvalue weighted by Gasteiger charge is 2.19. The first-order valence-corrected chi connectivity index (χ1v) is 8.53. The molecular weight excluding hydrogens is 357 g/mol. The van der Waals surface area contributed by atoms with Crippen molar-refractivity contribution in [3.05, 3.63) is 52.2 Å². The minimum atomic E-state index is -0.423. The number of carbonyl (C=O) groups is 1. The number of hydrogen-bond donors (Lipinski definition) is 1. The van der Waals surface area contributed by atoms with E-state index in [1.54, 1.807) is 0 Å². The van der Waals surface area contributed by atoms with Crippen molar-refractivity contribution >= 4 is 23.3 Å². The van der Waals surface area contributed by atoms with E-state index in [1.165, 1.54) is 29.4 Å². The Labute approximate surface area is 156 Å². The summed E-state index contributed by atoms with van der Waals surface area (Å²) >= 11 is 6.15. The monoisotopic (exact) mass is 375 g/mol. The summed E-state index contributed by atoms with van der Waals surface area (Å²) in [6.45, 7) is 6.16. The average Bonchev–Trinajstić information content (AvgIpc) is 2.61. The number of anilines is 1. The van der Waals surface area contributed by atoms with Crippen molar-refractivity contribution in [3.63, 3.8) is 0 Å². The Morgan fingerprint density at radius 1 is 1.46 bits per heavy atom. The second-order valence-corrected chi connectivity index (χ2v) is 6.49. The number of nitrogens with zero attached hydrogens (tertiary/aromatic N) is 4. The van der Waals surface area contributed by atoms with Crippen LogP contribution in [0.2, 0.25) is 5.02 Å². The molecule has 8 heteroatoms. The van der Waals surface area contributed by atoms with Gasteiger partial charge in [0.1, 0.15) is 16.9 Å². The van der Waals surface area contributed by atoms with Gasteiger partial charge in [0.2, 0.25) is 5.82 Å². The Balaban J connectivity index is 2.34. The molecule has 0 aliphatic heterocycles. The zero-order valence-electron chi connectivity index (χ0n) is 14.8. The highest BCUT2D eigenvalue weighted by Crippen LogP contribution is 2.22. The number of hydrazine groups is 1. The molecule has 0 aliphatic carbocycles. The van der Waals surface area contributed by atoms with Gasteiger partial charge < -0.3 is 0 Å². The lowest BCUT2D eigenvalue weighted by Gasteiger charge is -2.26. The average molecular weight is 376 g/mol. The summed E-state index contributed by atoms with van der Waals surface area (Å²) in [7, 11) is 0. The Hall–Kier alpha value is -2.72. The lowest BCUT2D eigenvalue weighted by molar-refractivity contribution is 0.0947. The molecule has 1 aromatic heterocycles. The third-order valence-electron chi connectivity index (χ3n) is 3.55. The van der Waals surface area contributed by atoms with Gasteiger partial charge in [-0.1, -0.05) is 32.4 Å². The molecule has 1 amide bonds. The van der Waals surface area contributed by atoms with Gasteiger partial charge in [-0.2, -0.15) is 10.2 Å². The number of rotatable bonds is 6. The highest BCUT2D eigenvalue weighted by molar-refractivity contribution is 6.32. The topological polar surface area (TPSA) is 81.9 Å². The van der Waals surface area contributed by atoms with Gasteiger partial charge in [-0.3, -0.25) is 15.2 Å². The van der Waals surface area contributed by atoms with Crippen LogP contribution >= 0.6 is 11.6 Å². The van der Waals surface area contributed by atoms with Gasteiger partial charge in [0.25, 0.3) is 5.91 Å². The quantitative estimate of drug-likeness (QED) is 0.781. The number of benzene rings is 1. The fraction of sp³-hybridized carbons (Fsp3) is 0.333. The zero-order valence-corrected chi connectivity index (χ0v) is 15.5. The first kappa shape index (κ1) is 19.6. The number of aryl methyl sites for hydroxylation is 1. The Morgan fingerprint density at radius 2 is 2.19 bits per heavy atom. The standard InChI is InChI=1S/C18H19ClFN5O/c1-4-12-7-13(5-6-15(12)20)18(26)24-25(10-11(2)3)17-14(19)9-22-16(8-21)23-17/h5-7,9,11H,4,10H2,1-3H3,(H,24,26). The molecule has 2 rings (SSSR count). The molecule has 6 nitrogen and oxygen atoms in total. The molecule has 0 bridgehead atoms. The highest BCUT2D eigenvalue weighted by atomic mass is 35.5. The number of nitriles is 1. The molecule has 0 saturated heterocycles. The maximum atomic E-state index is 13.7. The van der Waals surface area contributed by atoms with E-state index in [1.807, 2.05) is 26.8 Å². The molecular formula is C18H19ClFN5O. The van der Waals surface area contributed by atoms with E-state index >= 15 is 0 Å². The van der Waals surface area contributed by atoms with Gasteiger partial charge in [-0.05, 0) is 36.1 Å². The van der Waals surface area contributed by atoms with Crippen molar-refractivity contribution in [1.29, 1.82) is 5.26 Å². The molecule has 0 unspecified atom stereocenters. The number of halogens is 2. The predicted molar refractivity (Wildman–Crippen MR) is 97.2 cm³/mol. The number of amides is 1. The number of nitrogens with one attached hydrogen (secondary N) is 1. The fourth-order valence-electron chi connectivity index (χ4n) is 2.33. The van der Waals surface area contributed by atoms with Gasteiger partial charge in [0, 0.05) is 12.1 Å². The third kappa shape index (κ3) is 4.67. The van der Waals surface area contributed by atoms with Crippen LogP contribution in [0.25, 0.3) is 0 Å². The second-order valence-electron chi connectivity index (χ2n) is 6.08. The van der Waals surface area contributed by atoms with E-state index in [4.69, 9.17) is 16.9 Å². The first-order chi connectivity index (χ1) is 12.3. The van der Waals surface area contributed by atoms with E-state index in [2.05, 4.69) is 15.4 Å². The Morgan fingerprint density at radius 3 is 2.81 bits per heavy atom. The number of aromatic nitrogens is 2. The van der Waals surface area contributed by atoms with Crippen LogP contribution < -0.4 is 10.4 Å². The summed E-state index contributed by atoms with van der Waals surface area (Å²) in [6.07, 6.45) is 1.79. The molecule has 1 N–H and O–H groups in total. The van der Waals surface area contributed by atoms with E-state index < -0.39 is 5.91 Å². The molecule has 0 spiro atoms. The summed E-state index contributed by atoms with van der Waals surface area (Å²) in [5.41, 5.74) is 3.51. The normalized spacial score (nSPS) is 10.5. The van der Waals surface area contributed by atoms with Crippen LogP contribution in [-0.4, -0.2) is 22.4 Å². The van der Waals surface area contributed by atoms with Crippen LogP contribution in [0.15, 0.2) is 24.4 Å². The summed E-state index contributed by atoms with van der Waals surface area (Å²) in [4.78, 5) is 20.5. The van der Waals surface area contributed by atoms with E-state index in [9.17, 15) is 9.18 Å². The predicted octanol–water partition coefficient (Wildman–Crippen LogP) is 3.51. The van der Waals surface area contributed by atoms with Crippen molar-refractivity contribution in [2.75, 3.05) is 11.6 Å². The van der Waals surface area contributed by atoms with Gasteiger partial charge >= 0.3 is 0 Å². The summed E-state index contributed by atoms with van der Waals surface area (Å²) in [6, 6.07) is 6.05. The van der Waals surface area contributed by atoms with Crippen molar-refractivity contribution in [1.82, 2.24) is 15.4 Å². The summed E-state index contributed by atoms with van der Waals surface area (Å²) in [5.74, 6) is -0.416. The van der Waals surface area contributed by atoms with Crippen molar-refractivity contribution in [3.8, 4) is 6.07 Å². The van der Waals surface area contributed by atoms with Crippen LogP contribution in [0, 0.1) is 23.1 Å². The first-order valence-electron chi connectivity index (χ1n) is 8.15. The van der Waals surface area contributed by atoms with Gasteiger partial charge in [0.15, 0.2) is 5.82 Å². The van der Waals surface area contributed by atoms with Crippen molar-refractivity contribution < 1.29 is 9.18 Å². The molecule has 1 heterocycles. The lowest BCUT2D eigenvalue weighted by Crippen LogP contribution is -2.45. The van der Waals surface area contributed by atoms with Crippen LogP contribution in [-0.2, 0) is 6.42 Å². The molecule has 0 radical (unpaired) electrons. The largest absolute Gasteiger partial charge is 0.269 e. The SMILES string of the molecule is CCc1cc(C(=O)NN(CC(C)C)c2nc(C#N)ncc2Cl)ccc1F.